The minimum atomic E-state index is 0. The van der Waals surface area contributed by atoms with Crippen molar-refractivity contribution >= 4 is 0 Å². The summed E-state index contributed by atoms with van der Waals surface area (Å²) in [7, 11) is 0. The van der Waals surface area contributed by atoms with Crippen LogP contribution in [0.4, 0.5) is 0 Å². The summed E-state index contributed by atoms with van der Waals surface area (Å²) in [4.78, 5) is 5.42. The van der Waals surface area contributed by atoms with E-state index in [0.29, 0.717) is 0 Å². The Labute approximate surface area is 504 Å². The van der Waals surface area contributed by atoms with Crippen LogP contribution in [-0.2, 0) is 0 Å². The summed E-state index contributed by atoms with van der Waals surface area (Å²) in [5.41, 5.74) is 5.59. The van der Waals surface area contributed by atoms with Gasteiger partial charge in [0.25, 0.3) is 0 Å². The summed E-state index contributed by atoms with van der Waals surface area (Å²) in [6, 6.07) is 0. The van der Waals surface area contributed by atoms with Crippen LogP contribution in [-0.4, -0.2) is 68.7 Å². The quantitative estimate of drug-likeness (QED) is 0.0471. The van der Waals surface area contributed by atoms with E-state index < -0.39 is 0 Å². The smallest absolute Gasteiger partial charge is 0.00982 e. The van der Waals surface area contributed by atoms with Gasteiger partial charge in [-0.05, 0) is 116 Å². The van der Waals surface area contributed by atoms with Gasteiger partial charge in [0.1, 0.15) is 0 Å². The van der Waals surface area contributed by atoms with E-state index in [2.05, 4.69) is 54.7 Å². The largest absolute Gasteiger partial charge is 0.330 e. The normalized spacial score (nSPS) is 10.9. The van der Waals surface area contributed by atoms with Crippen molar-refractivity contribution in [2.75, 3.05) is 58.9 Å². The van der Waals surface area contributed by atoms with Gasteiger partial charge in [-0.3, -0.25) is 0 Å². The van der Waals surface area contributed by atoms with Crippen molar-refractivity contribution in [1.29, 1.82) is 0 Å². The molecule has 0 saturated heterocycles. The maximum Gasteiger partial charge on any atom is 0.00982 e. The maximum atomic E-state index is 5.59. The molecule has 0 heterocycles. The average molecular weight is 1110 g/mol. The van der Waals surface area contributed by atoms with Crippen LogP contribution in [0.3, 0.4) is 0 Å². The van der Waals surface area contributed by atoms with Crippen LogP contribution < -0.4 is 11.1 Å². The minimum Gasteiger partial charge on any atom is -0.330 e. The van der Waals surface area contributed by atoms with E-state index in [1.54, 1.807) is 0 Å². The Balaban J connectivity index is -0.000000665. The van der Waals surface area contributed by atoms with Gasteiger partial charge >= 0.3 is 0 Å². The summed E-state index contributed by atoms with van der Waals surface area (Å²) in [5.74, 6) is 6.58. The molecule has 0 aliphatic heterocycles. The first-order valence-electron chi connectivity index (χ1n) is 36.4. The fourth-order valence-electron chi connectivity index (χ4n) is 11.1. The Hall–Kier alpha value is -1.04. The lowest BCUT2D eigenvalue weighted by atomic mass is 9.90. The molecular formula is C75H156N4. The summed E-state index contributed by atoms with van der Waals surface area (Å²) in [6.07, 6.45) is 83.3. The molecule has 0 rings (SSSR count). The number of hydrogen-bond donors (Lipinski definition) is 2. The molecule has 0 aromatic carbocycles. The van der Waals surface area contributed by atoms with Crippen molar-refractivity contribution in [1.82, 2.24) is 15.1 Å². The van der Waals surface area contributed by atoms with Crippen molar-refractivity contribution in [3.05, 3.63) is 0 Å². The Morgan fingerprint density at radius 1 is 0.304 bits per heavy atom. The molecule has 4 heteroatoms. The third-order valence-electron chi connectivity index (χ3n) is 16.2. The Morgan fingerprint density at radius 2 is 0.532 bits per heavy atom. The lowest BCUT2D eigenvalue weighted by molar-refractivity contribution is 0.252. The molecule has 0 fully saturated rings. The van der Waals surface area contributed by atoms with Gasteiger partial charge in [0.15, 0.2) is 0 Å². The van der Waals surface area contributed by atoms with E-state index in [9.17, 15) is 0 Å². The summed E-state index contributed by atoms with van der Waals surface area (Å²) in [5, 5.41) is 3.78. The minimum absolute atomic E-state index is 0. The Bertz CT molecular complexity index is 1010. The molecular weight excluding hydrogens is 957 g/mol. The molecule has 0 radical (unpaired) electrons. The van der Waals surface area contributed by atoms with Gasteiger partial charge in [0.2, 0.25) is 0 Å². The second-order valence-corrected chi connectivity index (χ2v) is 23.6. The molecule has 79 heavy (non-hydrogen) atoms. The van der Waals surface area contributed by atoms with E-state index >= 15 is 0 Å². The third-order valence-corrected chi connectivity index (χ3v) is 16.2. The van der Waals surface area contributed by atoms with Crippen molar-refractivity contribution in [3.63, 3.8) is 0 Å². The Kier molecular flexibility index (Phi) is 94.2. The molecule has 0 atom stereocenters. The van der Waals surface area contributed by atoms with E-state index in [1.807, 2.05) is 27.7 Å². The molecule has 0 unspecified atom stereocenters. The topological polar surface area (TPSA) is 44.5 Å². The van der Waals surface area contributed by atoms with Crippen LogP contribution in [0.2, 0.25) is 0 Å². The lowest BCUT2D eigenvalue weighted by Gasteiger charge is -2.23. The SMILES string of the molecule is C.C#CCCCCN(CCCC#C)CCCNCCCN(CCCCCCCCCCCCCCCCCC)CCCCCCCCCCCCCCCCCC.CC.CC.CCCCCCC(CCCCN)CCCCCC. The molecule has 0 saturated carbocycles. The predicted molar refractivity (Wildman–Crippen MR) is 368 cm³/mol. The summed E-state index contributed by atoms with van der Waals surface area (Å²) in [6.45, 7) is 27.7. The first kappa shape index (κ1) is 86.7. The molecule has 476 valence electrons. The molecule has 0 aliphatic carbocycles. The molecule has 0 spiro atoms. The second-order valence-electron chi connectivity index (χ2n) is 23.6. The first-order valence-corrected chi connectivity index (χ1v) is 36.4. The van der Waals surface area contributed by atoms with E-state index in [0.717, 1.165) is 70.9 Å². The Morgan fingerprint density at radius 3 is 0.823 bits per heavy atom. The van der Waals surface area contributed by atoms with Gasteiger partial charge in [-0.25, -0.2) is 0 Å². The number of unbranched alkanes of at least 4 members (excludes halogenated alkanes) is 40. The highest BCUT2D eigenvalue weighted by Crippen LogP contribution is 2.24. The number of nitrogens with one attached hydrogen (secondary N) is 1. The van der Waals surface area contributed by atoms with Gasteiger partial charge < -0.3 is 20.9 Å². The molecule has 0 aromatic heterocycles. The highest BCUT2D eigenvalue weighted by Gasteiger charge is 2.09. The van der Waals surface area contributed by atoms with Gasteiger partial charge in [0, 0.05) is 12.8 Å². The van der Waals surface area contributed by atoms with Crippen molar-refractivity contribution in [2.45, 2.75) is 397 Å². The number of rotatable bonds is 63. The highest BCUT2D eigenvalue weighted by atomic mass is 15.1. The monoisotopic (exact) mass is 1110 g/mol. The number of nitrogens with zero attached hydrogens (tertiary/aromatic N) is 2. The van der Waals surface area contributed by atoms with Crippen molar-refractivity contribution in [2.24, 2.45) is 11.7 Å². The van der Waals surface area contributed by atoms with Crippen LogP contribution in [0, 0.1) is 30.6 Å². The highest BCUT2D eigenvalue weighted by molar-refractivity contribution is 4.84. The molecule has 4 nitrogen and oxygen atoms in total. The van der Waals surface area contributed by atoms with Crippen LogP contribution in [0.5, 0.6) is 0 Å². The van der Waals surface area contributed by atoms with Gasteiger partial charge in [-0.1, -0.05) is 332 Å². The van der Waals surface area contributed by atoms with Crippen LogP contribution >= 0.6 is 0 Å². The summed E-state index contributed by atoms with van der Waals surface area (Å²) >= 11 is 0. The molecule has 0 bridgehead atoms. The van der Waals surface area contributed by atoms with Crippen LogP contribution in [0.15, 0.2) is 0 Å². The number of nitrogens with two attached hydrogens (primary N) is 1. The molecule has 3 N–H and O–H groups in total. The average Bonchev–Trinajstić information content (AvgIpc) is 3.46. The van der Waals surface area contributed by atoms with Crippen molar-refractivity contribution in [3.8, 4) is 24.7 Å². The van der Waals surface area contributed by atoms with Gasteiger partial charge in [-0.15, -0.1) is 24.7 Å². The van der Waals surface area contributed by atoms with E-state index in [4.69, 9.17) is 18.6 Å². The van der Waals surface area contributed by atoms with Crippen LogP contribution in [0.25, 0.3) is 0 Å². The third kappa shape index (κ3) is 81.2. The van der Waals surface area contributed by atoms with Gasteiger partial charge in [-0.2, -0.15) is 0 Å². The molecule has 0 aliphatic rings. The van der Waals surface area contributed by atoms with Crippen LogP contribution in [0.1, 0.15) is 397 Å². The fourth-order valence-corrected chi connectivity index (χ4v) is 11.1. The molecule has 0 amide bonds. The second kappa shape index (κ2) is 85.8. The molecule has 0 aromatic rings. The van der Waals surface area contributed by atoms with Gasteiger partial charge in [0.05, 0.1) is 0 Å². The standard InChI is InChI=1S/C53H103N3.C17H37N.2C2H6.CH4/c1-5-9-13-16-18-20-22-24-26-28-30-32-34-36-38-42-50-56(51-43-39-37-35-33-31-29-27-25-23-21-19-17-14-10-6-2)53-45-47-54-46-44-52-55(48-40-12-8-4)49-41-15-11-7-3;1-3-5-7-9-13-17(15-11-12-16-18)14-10-8-6-4-2;2*1-2;/h3-4,54H,5-6,9-53H2,1-2H3;17H,3-16,18H2,1-2H3;2*1-2H3;1H4. The van der Waals surface area contributed by atoms with E-state index in [-0.39, 0.29) is 7.43 Å². The zero-order chi connectivity index (χ0) is 58.0. The fraction of sp³-hybridized carbons (Fsp3) is 0.947. The zero-order valence-electron chi connectivity index (χ0n) is 55.8. The summed E-state index contributed by atoms with van der Waals surface area (Å²) < 4.78 is 0. The maximum absolute atomic E-state index is 5.59. The zero-order valence-corrected chi connectivity index (χ0v) is 55.8. The lowest BCUT2D eigenvalue weighted by Crippen LogP contribution is -2.31. The van der Waals surface area contributed by atoms with E-state index in [1.165, 1.54) is 328 Å². The number of terminal acetylenes is 2. The predicted octanol–water partition coefficient (Wildman–Crippen LogP) is 24.1. The first-order chi connectivity index (χ1) is 38.6. The van der Waals surface area contributed by atoms with Crippen molar-refractivity contribution < 1.29 is 0 Å². The number of hydrogen-bond acceptors (Lipinski definition) is 4.